The van der Waals surface area contributed by atoms with Crippen LogP contribution in [0.3, 0.4) is 0 Å². The monoisotopic (exact) mass is 442 g/mol. The normalized spacial score (nSPS) is 27.4. The summed E-state index contributed by atoms with van der Waals surface area (Å²) in [7, 11) is 0. The largest absolute Gasteiger partial charge is 0.367 e. The van der Waals surface area contributed by atoms with Crippen LogP contribution in [-0.2, 0) is 9.47 Å². The molecule has 2 heteroatoms. The lowest BCUT2D eigenvalue weighted by atomic mass is 9.94. The van der Waals surface area contributed by atoms with Gasteiger partial charge in [0.2, 0.25) is 0 Å². The fraction of sp³-hybridized carbons (Fsp3) is 0.733. The Balaban J connectivity index is 1.54. The van der Waals surface area contributed by atoms with Gasteiger partial charge in [0.05, 0.1) is 23.4 Å². The molecule has 0 saturated carbocycles. The van der Waals surface area contributed by atoms with Crippen molar-refractivity contribution in [3.8, 4) is 0 Å². The SMILES string of the molecule is CC(C)=CCCC(C)=CCCC(C)=CCCC=C(C)CCC1OC1(C)CCC1OC1(C)C. The zero-order chi connectivity index (χ0) is 23.8. The number of hydrogen-bond acceptors (Lipinski definition) is 2. The number of ether oxygens (including phenoxy) is 2. The number of allylic oxidation sites excluding steroid dienone is 8. The molecule has 0 radical (unpaired) electrons. The first-order valence-electron chi connectivity index (χ1n) is 13.0. The molecular weight excluding hydrogens is 392 g/mol. The van der Waals surface area contributed by atoms with Crippen molar-refractivity contribution in [2.24, 2.45) is 0 Å². The van der Waals surface area contributed by atoms with Crippen molar-refractivity contribution < 1.29 is 9.47 Å². The Morgan fingerprint density at radius 2 is 1.12 bits per heavy atom. The summed E-state index contributed by atoms with van der Waals surface area (Å²) in [6.45, 7) is 17.8. The Morgan fingerprint density at radius 3 is 1.66 bits per heavy atom. The lowest BCUT2D eigenvalue weighted by molar-refractivity contribution is 0.274. The highest BCUT2D eigenvalue weighted by Crippen LogP contribution is 2.47. The summed E-state index contributed by atoms with van der Waals surface area (Å²) in [6.07, 6.45) is 22.1. The van der Waals surface area contributed by atoms with Gasteiger partial charge in [-0.1, -0.05) is 46.6 Å². The lowest BCUT2D eigenvalue weighted by Gasteiger charge is -2.06. The van der Waals surface area contributed by atoms with Crippen molar-refractivity contribution >= 4 is 0 Å². The fourth-order valence-corrected chi connectivity index (χ4v) is 4.49. The first kappa shape index (κ1) is 27.1. The Hall–Kier alpha value is -1.12. The molecule has 2 rings (SSSR count). The van der Waals surface area contributed by atoms with Crippen LogP contribution in [0.2, 0.25) is 0 Å². The van der Waals surface area contributed by atoms with Crippen LogP contribution in [-0.4, -0.2) is 23.4 Å². The summed E-state index contributed by atoms with van der Waals surface area (Å²) in [5.41, 5.74) is 6.18. The van der Waals surface area contributed by atoms with Gasteiger partial charge < -0.3 is 9.47 Å². The second kappa shape index (κ2) is 12.4. The Kier molecular flexibility index (Phi) is 10.5. The third-order valence-corrected chi connectivity index (χ3v) is 7.18. The predicted octanol–water partition coefficient (Wildman–Crippen LogP) is 9.03. The molecule has 0 aromatic carbocycles. The molecule has 2 nitrogen and oxygen atoms in total. The highest BCUT2D eigenvalue weighted by Gasteiger charge is 2.54. The van der Waals surface area contributed by atoms with Crippen LogP contribution in [0, 0.1) is 0 Å². The Labute approximate surface area is 199 Å². The minimum atomic E-state index is 0.0978. The van der Waals surface area contributed by atoms with E-state index in [1.807, 2.05) is 0 Å². The third kappa shape index (κ3) is 10.2. The quantitative estimate of drug-likeness (QED) is 0.143. The molecule has 0 N–H and O–H groups in total. The van der Waals surface area contributed by atoms with E-state index >= 15 is 0 Å². The van der Waals surface area contributed by atoms with E-state index < -0.39 is 0 Å². The molecule has 3 atom stereocenters. The molecule has 0 aliphatic carbocycles. The van der Waals surface area contributed by atoms with Gasteiger partial charge in [-0.05, 0) is 120 Å². The van der Waals surface area contributed by atoms with Gasteiger partial charge in [0, 0.05) is 0 Å². The molecule has 2 fully saturated rings. The molecule has 32 heavy (non-hydrogen) atoms. The third-order valence-electron chi connectivity index (χ3n) is 7.18. The van der Waals surface area contributed by atoms with Crippen LogP contribution in [0.25, 0.3) is 0 Å². The van der Waals surface area contributed by atoms with E-state index in [-0.39, 0.29) is 11.2 Å². The van der Waals surface area contributed by atoms with Gasteiger partial charge in [0.1, 0.15) is 0 Å². The van der Waals surface area contributed by atoms with E-state index in [0.29, 0.717) is 12.2 Å². The Bertz CT molecular complexity index is 717. The van der Waals surface area contributed by atoms with Crippen molar-refractivity contribution in [2.45, 2.75) is 143 Å². The van der Waals surface area contributed by atoms with Crippen LogP contribution in [0.15, 0.2) is 46.6 Å². The number of unbranched alkanes of at least 4 members (excludes halogenated alkanes) is 1. The van der Waals surface area contributed by atoms with Crippen molar-refractivity contribution in [1.29, 1.82) is 0 Å². The highest BCUT2D eigenvalue weighted by atomic mass is 16.6. The molecule has 0 aromatic heterocycles. The minimum absolute atomic E-state index is 0.0978. The second-order valence-corrected chi connectivity index (χ2v) is 11.3. The average Bonchev–Trinajstić information content (AvgIpc) is 3.55. The van der Waals surface area contributed by atoms with E-state index in [1.54, 1.807) is 0 Å². The molecular formula is C30H50O2. The molecule has 3 unspecified atom stereocenters. The maximum absolute atomic E-state index is 6.04. The maximum atomic E-state index is 6.04. The zero-order valence-electron chi connectivity index (χ0n) is 22.4. The standard InChI is InChI=1S/C30H50O2/c1-23(2)13-11-16-25(4)18-12-17-24(3)14-9-10-15-26(5)19-20-28-30(8,32-28)22-21-27-29(6,7)31-27/h13-15,18,27-28H,9-12,16-17,19-22H2,1-8H3. The molecule has 182 valence electrons. The van der Waals surface area contributed by atoms with Crippen LogP contribution in [0.1, 0.15) is 120 Å². The van der Waals surface area contributed by atoms with E-state index in [4.69, 9.17) is 9.47 Å². The van der Waals surface area contributed by atoms with Gasteiger partial charge in [0.25, 0.3) is 0 Å². The average molecular weight is 443 g/mol. The molecule has 2 aliphatic heterocycles. The summed E-state index contributed by atoms with van der Waals surface area (Å²) in [5, 5.41) is 0. The molecule has 0 amide bonds. The van der Waals surface area contributed by atoms with E-state index in [2.05, 4.69) is 79.7 Å². The number of epoxide rings is 2. The summed E-state index contributed by atoms with van der Waals surface area (Å²) >= 11 is 0. The minimum Gasteiger partial charge on any atom is -0.367 e. The van der Waals surface area contributed by atoms with Crippen LogP contribution in [0.4, 0.5) is 0 Å². The smallest absolute Gasteiger partial charge is 0.0921 e. The number of hydrogen-bond donors (Lipinski definition) is 0. The van der Waals surface area contributed by atoms with Gasteiger partial charge in [-0.15, -0.1) is 0 Å². The van der Waals surface area contributed by atoms with Gasteiger partial charge in [-0.3, -0.25) is 0 Å². The van der Waals surface area contributed by atoms with Gasteiger partial charge >= 0.3 is 0 Å². The topological polar surface area (TPSA) is 25.1 Å². The van der Waals surface area contributed by atoms with Crippen LogP contribution >= 0.6 is 0 Å². The lowest BCUT2D eigenvalue weighted by Crippen LogP contribution is -2.13. The van der Waals surface area contributed by atoms with Crippen molar-refractivity contribution in [3.63, 3.8) is 0 Å². The summed E-state index contributed by atoms with van der Waals surface area (Å²) < 4.78 is 11.8. The summed E-state index contributed by atoms with van der Waals surface area (Å²) in [4.78, 5) is 0. The van der Waals surface area contributed by atoms with Gasteiger partial charge in [-0.25, -0.2) is 0 Å². The van der Waals surface area contributed by atoms with Gasteiger partial charge in [0.15, 0.2) is 0 Å². The van der Waals surface area contributed by atoms with Gasteiger partial charge in [-0.2, -0.15) is 0 Å². The molecule has 2 heterocycles. The first-order valence-corrected chi connectivity index (χ1v) is 13.0. The summed E-state index contributed by atoms with van der Waals surface area (Å²) in [5.74, 6) is 0. The fourth-order valence-electron chi connectivity index (χ4n) is 4.49. The first-order chi connectivity index (χ1) is 15.0. The molecule has 0 aromatic rings. The van der Waals surface area contributed by atoms with E-state index in [0.717, 1.165) is 38.5 Å². The van der Waals surface area contributed by atoms with Crippen LogP contribution in [0.5, 0.6) is 0 Å². The number of rotatable bonds is 15. The van der Waals surface area contributed by atoms with Crippen molar-refractivity contribution in [1.82, 2.24) is 0 Å². The predicted molar refractivity (Wildman–Crippen MR) is 139 cm³/mol. The zero-order valence-corrected chi connectivity index (χ0v) is 22.4. The second-order valence-electron chi connectivity index (χ2n) is 11.3. The van der Waals surface area contributed by atoms with Crippen molar-refractivity contribution in [2.75, 3.05) is 0 Å². The van der Waals surface area contributed by atoms with E-state index in [9.17, 15) is 0 Å². The Morgan fingerprint density at radius 1 is 0.625 bits per heavy atom. The van der Waals surface area contributed by atoms with Crippen molar-refractivity contribution in [3.05, 3.63) is 46.6 Å². The molecule has 0 bridgehead atoms. The summed E-state index contributed by atoms with van der Waals surface area (Å²) in [6, 6.07) is 0. The molecule has 2 aliphatic rings. The van der Waals surface area contributed by atoms with Crippen LogP contribution < -0.4 is 0 Å². The highest BCUT2D eigenvalue weighted by molar-refractivity contribution is 5.08. The molecule has 2 saturated heterocycles. The van der Waals surface area contributed by atoms with E-state index in [1.165, 1.54) is 48.0 Å². The molecule has 0 spiro atoms. The maximum Gasteiger partial charge on any atom is 0.0921 e.